The number of carboxylic acid groups (broad SMARTS) is 1. The van der Waals surface area contributed by atoms with E-state index in [0.717, 1.165) is 4.90 Å². The Labute approximate surface area is 170 Å². The van der Waals surface area contributed by atoms with Gasteiger partial charge in [0.05, 0.1) is 13.1 Å². The first-order valence-corrected chi connectivity index (χ1v) is 9.14. The maximum Gasteiger partial charge on any atom is 0.326 e. The van der Waals surface area contributed by atoms with Crippen molar-refractivity contribution < 1.29 is 32.7 Å². The minimum Gasteiger partial charge on any atom is -0.480 e. The summed E-state index contributed by atoms with van der Waals surface area (Å²) in [6.07, 6.45) is -0.641. The van der Waals surface area contributed by atoms with E-state index >= 15 is 0 Å². The van der Waals surface area contributed by atoms with Crippen LogP contribution < -0.4 is 5.32 Å². The summed E-state index contributed by atoms with van der Waals surface area (Å²) in [5.41, 5.74) is -0.838. The first-order chi connectivity index (χ1) is 14.2. The minimum atomic E-state index is -2.41. The van der Waals surface area contributed by atoms with Gasteiger partial charge >= 0.3 is 5.97 Å². The Balaban J connectivity index is 1.67. The third-order valence-corrected chi connectivity index (χ3v) is 4.94. The number of carbonyl (C=O) groups excluding carboxylic acids is 2. The Morgan fingerprint density at radius 1 is 1.13 bits per heavy atom. The number of aliphatic carboxylic acids is 1. The number of benzene rings is 2. The molecule has 0 radical (unpaired) electrons. The van der Waals surface area contributed by atoms with Gasteiger partial charge in [-0.2, -0.15) is 0 Å². The number of carbonyl (C=O) groups is 3. The summed E-state index contributed by atoms with van der Waals surface area (Å²) >= 11 is 0. The second kappa shape index (κ2) is 8.56. The van der Waals surface area contributed by atoms with Crippen LogP contribution in [0.5, 0.6) is 0 Å². The maximum absolute atomic E-state index is 14.2. The molecule has 2 amide bonds. The molecule has 158 valence electrons. The topological polar surface area (TPSA) is 86.7 Å². The van der Waals surface area contributed by atoms with Crippen LogP contribution in [0.2, 0.25) is 0 Å². The summed E-state index contributed by atoms with van der Waals surface area (Å²) in [7, 11) is 0. The van der Waals surface area contributed by atoms with Crippen LogP contribution in [0.1, 0.15) is 16.8 Å². The Morgan fingerprint density at radius 3 is 2.47 bits per heavy atom. The molecule has 6 nitrogen and oxygen atoms in total. The Bertz CT molecular complexity index is 967. The lowest BCUT2D eigenvalue weighted by atomic mass is 10.0. The van der Waals surface area contributed by atoms with Crippen molar-refractivity contribution in [3.8, 4) is 11.1 Å². The van der Waals surface area contributed by atoms with E-state index in [1.54, 1.807) is 30.3 Å². The van der Waals surface area contributed by atoms with Crippen molar-refractivity contribution in [1.82, 2.24) is 10.2 Å². The zero-order valence-corrected chi connectivity index (χ0v) is 15.8. The number of halogens is 3. The van der Waals surface area contributed by atoms with Gasteiger partial charge in [0.1, 0.15) is 18.5 Å². The number of amides is 2. The first kappa shape index (κ1) is 21.4. The number of nitrogens with zero attached hydrogens (tertiary/aromatic N) is 1. The van der Waals surface area contributed by atoms with Crippen LogP contribution in [0.3, 0.4) is 0 Å². The van der Waals surface area contributed by atoms with E-state index < -0.39 is 61.5 Å². The molecular weight excluding hydrogens is 401 g/mol. The van der Waals surface area contributed by atoms with Gasteiger partial charge in [0.25, 0.3) is 5.91 Å². The average Bonchev–Trinajstić information content (AvgIpc) is 3.11. The van der Waals surface area contributed by atoms with Crippen LogP contribution >= 0.6 is 0 Å². The predicted molar refractivity (Wildman–Crippen MR) is 102 cm³/mol. The van der Waals surface area contributed by atoms with Gasteiger partial charge in [-0.25, -0.2) is 18.0 Å². The lowest BCUT2D eigenvalue weighted by Crippen LogP contribution is -2.46. The molecule has 1 fully saturated rings. The standard InChI is InChI=1S/C21H19F3N2O4/c22-11-21(24)9-17(20(29)30)26(12-21)18(27)10-25-19(28)15-3-1-2-14(8-15)13-4-6-16(23)7-5-13/h1-8,17H,9-12H2,(H,25,28)(H,29,30)/t17-,21-/m0/s1. The second-order valence-electron chi connectivity index (χ2n) is 7.13. The van der Waals surface area contributed by atoms with Gasteiger partial charge in [-0.1, -0.05) is 24.3 Å². The largest absolute Gasteiger partial charge is 0.480 e. The number of likely N-dealkylation sites (tertiary alicyclic amines) is 1. The molecule has 9 heteroatoms. The van der Waals surface area contributed by atoms with Crippen LogP contribution in [0.25, 0.3) is 11.1 Å². The maximum atomic E-state index is 14.2. The number of nitrogens with one attached hydrogen (secondary N) is 1. The molecule has 1 heterocycles. The second-order valence-corrected chi connectivity index (χ2v) is 7.13. The Morgan fingerprint density at radius 2 is 1.83 bits per heavy atom. The van der Waals surface area contributed by atoms with Gasteiger partial charge < -0.3 is 15.3 Å². The zero-order chi connectivity index (χ0) is 21.9. The molecule has 1 saturated heterocycles. The molecule has 30 heavy (non-hydrogen) atoms. The lowest BCUT2D eigenvalue weighted by molar-refractivity contribution is -0.147. The van der Waals surface area contributed by atoms with E-state index in [0.29, 0.717) is 11.1 Å². The molecule has 0 bridgehead atoms. The molecule has 2 N–H and O–H groups in total. The van der Waals surface area contributed by atoms with Crippen LogP contribution in [-0.2, 0) is 9.59 Å². The van der Waals surface area contributed by atoms with E-state index in [1.165, 1.54) is 18.2 Å². The highest BCUT2D eigenvalue weighted by atomic mass is 19.2. The zero-order valence-electron chi connectivity index (χ0n) is 15.8. The van der Waals surface area contributed by atoms with Crippen molar-refractivity contribution in [2.75, 3.05) is 19.8 Å². The van der Waals surface area contributed by atoms with Gasteiger partial charge in [-0.3, -0.25) is 9.59 Å². The van der Waals surface area contributed by atoms with E-state index in [-0.39, 0.29) is 5.56 Å². The lowest BCUT2D eigenvalue weighted by Gasteiger charge is -2.21. The summed E-state index contributed by atoms with van der Waals surface area (Å²) in [5, 5.41) is 11.5. The monoisotopic (exact) mass is 420 g/mol. The highest BCUT2D eigenvalue weighted by Gasteiger charge is 2.49. The smallest absolute Gasteiger partial charge is 0.326 e. The molecular formula is C21H19F3N2O4. The van der Waals surface area contributed by atoms with Crippen molar-refractivity contribution >= 4 is 17.8 Å². The summed E-state index contributed by atoms with van der Waals surface area (Å²) in [5.74, 6) is -3.25. The summed E-state index contributed by atoms with van der Waals surface area (Å²) in [6.45, 7) is -2.65. The predicted octanol–water partition coefficient (Wildman–Crippen LogP) is 2.59. The third-order valence-electron chi connectivity index (χ3n) is 4.94. The molecule has 2 aromatic rings. The molecule has 0 aliphatic carbocycles. The molecule has 0 spiro atoms. The number of rotatable bonds is 6. The fraction of sp³-hybridized carbons (Fsp3) is 0.286. The number of hydrogen-bond donors (Lipinski definition) is 2. The number of hydrogen-bond acceptors (Lipinski definition) is 3. The fourth-order valence-electron chi connectivity index (χ4n) is 3.36. The van der Waals surface area contributed by atoms with Crippen LogP contribution in [-0.4, -0.2) is 59.3 Å². The van der Waals surface area contributed by atoms with E-state index in [1.807, 2.05) is 0 Å². The summed E-state index contributed by atoms with van der Waals surface area (Å²) in [4.78, 5) is 36.8. The highest BCUT2D eigenvalue weighted by Crippen LogP contribution is 2.31. The van der Waals surface area contributed by atoms with E-state index in [9.17, 15) is 32.7 Å². The molecule has 0 saturated carbocycles. The summed E-state index contributed by atoms with van der Waals surface area (Å²) in [6, 6.07) is 10.6. The van der Waals surface area contributed by atoms with Crippen LogP contribution in [0.15, 0.2) is 48.5 Å². The first-order valence-electron chi connectivity index (χ1n) is 9.14. The van der Waals surface area contributed by atoms with E-state index in [4.69, 9.17) is 0 Å². The molecule has 0 aromatic heterocycles. The van der Waals surface area contributed by atoms with Crippen molar-refractivity contribution in [3.05, 3.63) is 59.9 Å². The number of alkyl halides is 2. The van der Waals surface area contributed by atoms with Crippen molar-refractivity contribution in [2.24, 2.45) is 0 Å². The normalized spacial score (nSPS) is 20.8. The minimum absolute atomic E-state index is 0.226. The Kier molecular flexibility index (Phi) is 6.09. The Hall–Kier alpha value is -3.36. The fourth-order valence-corrected chi connectivity index (χ4v) is 3.36. The number of carboxylic acids is 1. The van der Waals surface area contributed by atoms with Crippen molar-refractivity contribution in [3.63, 3.8) is 0 Å². The SMILES string of the molecule is O=C(NCC(=O)N1C[C@@](F)(CF)C[C@H]1C(=O)O)c1cccc(-c2ccc(F)cc2)c1. The van der Waals surface area contributed by atoms with Crippen molar-refractivity contribution in [2.45, 2.75) is 18.1 Å². The van der Waals surface area contributed by atoms with Crippen molar-refractivity contribution in [1.29, 1.82) is 0 Å². The van der Waals surface area contributed by atoms with Gasteiger partial charge in [-0.05, 0) is 35.4 Å². The van der Waals surface area contributed by atoms with Crippen LogP contribution in [0, 0.1) is 5.82 Å². The summed E-state index contributed by atoms with van der Waals surface area (Å²) < 4.78 is 40.2. The van der Waals surface area contributed by atoms with Gasteiger partial charge in [-0.15, -0.1) is 0 Å². The highest BCUT2D eigenvalue weighted by molar-refractivity contribution is 5.98. The van der Waals surface area contributed by atoms with Gasteiger partial charge in [0, 0.05) is 12.0 Å². The quantitative estimate of drug-likeness (QED) is 0.752. The molecule has 2 atom stereocenters. The van der Waals surface area contributed by atoms with Gasteiger partial charge in [0.2, 0.25) is 5.91 Å². The molecule has 0 unspecified atom stereocenters. The average molecular weight is 420 g/mol. The van der Waals surface area contributed by atoms with E-state index in [2.05, 4.69) is 5.32 Å². The van der Waals surface area contributed by atoms with Crippen LogP contribution in [0.4, 0.5) is 13.2 Å². The molecule has 1 aliphatic rings. The van der Waals surface area contributed by atoms with Gasteiger partial charge in [0.15, 0.2) is 5.67 Å². The molecule has 1 aliphatic heterocycles. The molecule has 3 rings (SSSR count). The third kappa shape index (κ3) is 4.61. The molecule has 2 aromatic carbocycles.